The normalized spacial score (nSPS) is 12.6. The maximum atomic E-state index is 12.9. The van der Waals surface area contributed by atoms with Gasteiger partial charge in [0.1, 0.15) is 5.82 Å². The van der Waals surface area contributed by atoms with Crippen LogP contribution in [0, 0.1) is 5.82 Å². The molecule has 20 heavy (non-hydrogen) atoms. The second kappa shape index (κ2) is 11.1. The average Bonchev–Trinajstić information content (AvgIpc) is 2.47. The number of benzene rings is 1. The van der Waals surface area contributed by atoms with E-state index in [1.807, 2.05) is 12.1 Å². The molecule has 0 aromatic heterocycles. The van der Waals surface area contributed by atoms with Gasteiger partial charge in [-0.05, 0) is 30.0 Å². The molecule has 0 aliphatic carbocycles. The Balaban J connectivity index is 2.14. The fourth-order valence-electron chi connectivity index (χ4n) is 2.59. The van der Waals surface area contributed by atoms with E-state index in [2.05, 4.69) is 6.92 Å². The van der Waals surface area contributed by atoms with Gasteiger partial charge < -0.3 is 0 Å². The second-order valence-electron chi connectivity index (χ2n) is 5.67. The van der Waals surface area contributed by atoms with Gasteiger partial charge in [-0.2, -0.15) is 0 Å². The first-order valence-electron chi connectivity index (χ1n) is 8.09. The van der Waals surface area contributed by atoms with Gasteiger partial charge in [-0.15, -0.1) is 11.6 Å². The molecule has 0 N–H and O–H groups in total. The molecule has 2 heteroatoms. The van der Waals surface area contributed by atoms with Gasteiger partial charge in [-0.3, -0.25) is 0 Å². The summed E-state index contributed by atoms with van der Waals surface area (Å²) in [6, 6.07) is 6.80. The smallest absolute Gasteiger partial charge is 0.123 e. The Morgan fingerprint density at radius 2 is 1.45 bits per heavy atom. The second-order valence-corrected chi connectivity index (χ2v) is 5.97. The van der Waals surface area contributed by atoms with Crippen LogP contribution >= 0.6 is 11.6 Å². The van der Waals surface area contributed by atoms with E-state index in [0.717, 1.165) is 6.42 Å². The third-order valence-corrected chi connectivity index (χ3v) is 4.31. The number of unbranched alkanes of at least 4 members (excludes halogenated alkanes) is 7. The summed E-state index contributed by atoms with van der Waals surface area (Å²) in [5.74, 6) is 0.828. The quantitative estimate of drug-likeness (QED) is 0.316. The molecule has 114 valence electrons. The number of halogens is 2. The van der Waals surface area contributed by atoms with Gasteiger partial charge in [0.25, 0.3) is 0 Å². The van der Waals surface area contributed by atoms with E-state index < -0.39 is 0 Å². The highest BCUT2D eigenvalue weighted by Gasteiger charge is 2.09. The fourth-order valence-corrected chi connectivity index (χ4v) is 2.92. The summed E-state index contributed by atoms with van der Waals surface area (Å²) in [7, 11) is 0. The monoisotopic (exact) mass is 298 g/mol. The maximum absolute atomic E-state index is 12.9. The molecule has 0 bridgehead atoms. The number of hydrogen-bond donors (Lipinski definition) is 0. The van der Waals surface area contributed by atoms with Crippen molar-refractivity contribution < 1.29 is 4.39 Å². The van der Waals surface area contributed by atoms with Crippen molar-refractivity contribution in [3.05, 3.63) is 35.6 Å². The van der Waals surface area contributed by atoms with Crippen LogP contribution in [0.1, 0.15) is 76.2 Å². The molecule has 1 aromatic carbocycles. The van der Waals surface area contributed by atoms with E-state index in [1.54, 1.807) is 0 Å². The lowest BCUT2D eigenvalue weighted by Gasteiger charge is -2.14. The fraction of sp³-hybridized carbons (Fsp3) is 0.667. The predicted molar refractivity (Wildman–Crippen MR) is 87.1 cm³/mol. The summed E-state index contributed by atoms with van der Waals surface area (Å²) in [5, 5.41) is 0. The van der Waals surface area contributed by atoms with Crippen LogP contribution in [-0.2, 0) is 0 Å². The van der Waals surface area contributed by atoms with E-state index in [9.17, 15) is 4.39 Å². The molecule has 1 atom stereocenters. The van der Waals surface area contributed by atoms with E-state index in [-0.39, 0.29) is 5.82 Å². The summed E-state index contributed by atoms with van der Waals surface area (Å²) in [5.41, 5.74) is 1.17. The minimum Gasteiger partial charge on any atom is -0.207 e. The van der Waals surface area contributed by atoms with Crippen LogP contribution in [0.25, 0.3) is 0 Å². The van der Waals surface area contributed by atoms with Gasteiger partial charge in [0, 0.05) is 5.88 Å². The summed E-state index contributed by atoms with van der Waals surface area (Å²) in [4.78, 5) is 0. The first-order valence-corrected chi connectivity index (χ1v) is 8.62. The maximum Gasteiger partial charge on any atom is 0.123 e. The first kappa shape index (κ1) is 17.5. The zero-order valence-corrected chi connectivity index (χ0v) is 13.5. The van der Waals surface area contributed by atoms with Gasteiger partial charge >= 0.3 is 0 Å². The third kappa shape index (κ3) is 7.28. The average molecular weight is 299 g/mol. The van der Waals surface area contributed by atoms with E-state index in [1.165, 1.54) is 69.1 Å². The lowest BCUT2D eigenvalue weighted by molar-refractivity contribution is 0.544. The van der Waals surface area contributed by atoms with Crippen molar-refractivity contribution in [2.24, 2.45) is 0 Å². The molecule has 0 amide bonds. The molecule has 1 aromatic rings. The van der Waals surface area contributed by atoms with Gasteiger partial charge in [0.05, 0.1) is 0 Å². The minimum absolute atomic E-state index is 0.172. The molecular formula is C18H28ClF. The lowest BCUT2D eigenvalue weighted by Crippen LogP contribution is -2.00. The Hall–Kier alpha value is -0.560. The van der Waals surface area contributed by atoms with Crippen molar-refractivity contribution in [1.29, 1.82) is 0 Å². The zero-order valence-electron chi connectivity index (χ0n) is 12.7. The zero-order chi connectivity index (χ0) is 14.6. The van der Waals surface area contributed by atoms with Gasteiger partial charge in [0.15, 0.2) is 0 Å². The molecule has 0 saturated carbocycles. The van der Waals surface area contributed by atoms with Crippen LogP contribution in [0.3, 0.4) is 0 Å². The highest BCUT2D eigenvalue weighted by atomic mass is 35.5. The number of hydrogen-bond acceptors (Lipinski definition) is 0. The molecular weight excluding hydrogens is 271 g/mol. The molecule has 0 spiro atoms. The Kier molecular flexibility index (Phi) is 9.74. The summed E-state index contributed by atoms with van der Waals surface area (Å²) in [6.45, 7) is 2.25. The van der Waals surface area contributed by atoms with Crippen molar-refractivity contribution in [3.63, 3.8) is 0 Å². The number of alkyl halides is 1. The highest BCUT2D eigenvalue weighted by molar-refractivity contribution is 6.18. The van der Waals surface area contributed by atoms with Crippen LogP contribution in [0.4, 0.5) is 4.39 Å². The minimum atomic E-state index is -0.172. The van der Waals surface area contributed by atoms with Crippen LogP contribution in [0.5, 0.6) is 0 Å². The number of rotatable bonds is 11. The topological polar surface area (TPSA) is 0 Å². The Labute approximate surface area is 128 Å². The van der Waals surface area contributed by atoms with Crippen molar-refractivity contribution in [2.45, 2.75) is 70.6 Å². The standard InChI is InChI=1S/C18H28ClF/c1-2-3-4-5-6-7-8-9-10-17(15-19)16-11-13-18(20)14-12-16/h11-14,17H,2-10,15H2,1H3. The molecule has 0 aliphatic heterocycles. The van der Waals surface area contributed by atoms with Crippen LogP contribution < -0.4 is 0 Å². The largest absolute Gasteiger partial charge is 0.207 e. The molecule has 0 nitrogen and oxygen atoms in total. The Morgan fingerprint density at radius 3 is 2.00 bits per heavy atom. The van der Waals surface area contributed by atoms with Crippen molar-refractivity contribution in [3.8, 4) is 0 Å². The van der Waals surface area contributed by atoms with E-state index in [0.29, 0.717) is 11.8 Å². The van der Waals surface area contributed by atoms with Crippen LogP contribution in [0.15, 0.2) is 24.3 Å². The Morgan fingerprint density at radius 1 is 0.900 bits per heavy atom. The SMILES string of the molecule is CCCCCCCCCCC(CCl)c1ccc(F)cc1. The Bertz CT molecular complexity index is 334. The van der Waals surface area contributed by atoms with Gasteiger partial charge in [-0.25, -0.2) is 4.39 Å². The third-order valence-electron chi connectivity index (χ3n) is 3.93. The first-order chi connectivity index (χ1) is 9.77. The highest BCUT2D eigenvalue weighted by Crippen LogP contribution is 2.24. The van der Waals surface area contributed by atoms with E-state index >= 15 is 0 Å². The molecule has 0 fully saturated rings. The summed E-state index contributed by atoms with van der Waals surface area (Å²) >= 11 is 6.05. The van der Waals surface area contributed by atoms with Crippen LogP contribution in [-0.4, -0.2) is 5.88 Å². The molecule has 1 rings (SSSR count). The molecule has 0 radical (unpaired) electrons. The lowest BCUT2D eigenvalue weighted by atomic mass is 9.94. The van der Waals surface area contributed by atoms with Crippen molar-refractivity contribution >= 4 is 11.6 Å². The van der Waals surface area contributed by atoms with Crippen molar-refractivity contribution in [1.82, 2.24) is 0 Å². The molecule has 0 aliphatic rings. The van der Waals surface area contributed by atoms with Gasteiger partial charge in [-0.1, -0.05) is 70.4 Å². The molecule has 1 unspecified atom stereocenters. The summed E-state index contributed by atoms with van der Waals surface area (Å²) in [6.07, 6.45) is 11.8. The van der Waals surface area contributed by atoms with E-state index in [4.69, 9.17) is 11.6 Å². The predicted octanol–water partition coefficient (Wildman–Crippen LogP) is 6.68. The molecule has 0 heterocycles. The van der Waals surface area contributed by atoms with Gasteiger partial charge in [0.2, 0.25) is 0 Å². The van der Waals surface area contributed by atoms with Crippen molar-refractivity contribution in [2.75, 3.05) is 5.88 Å². The van der Waals surface area contributed by atoms with Crippen LogP contribution in [0.2, 0.25) is 0 Å². The summed E-state index contributed by atoms with van der Waals surface area (Å²) < 4.78 is 12.9. The molecule has 0 saturated heterocycles.